The number of ether oxygens (including phenoxy) is 1. The van der Waals surface area contributed by atoms with Crippen LogP contribution in [-0.2, 0) is 11.3 Å². The Morgan fingerprint density at radius 3 is 2.58 bits per heavy atom. The van der Waals surface area contributed by atoms with Crippen molar-refractivity contribution in [3.05, 3.63) is 59.9 Å². The number of hydrogen-bond donors (Lipinski definition) is 2. The molecule has 3 rings (SSSR count). The first-order valence-electron chi connectivity index (χ1n) is 8.17. The summed E-state index contributed by atoms with van der Waals surface area (Å²) < 4.78 is 18.3. The van der Waals surface area contributed by atoms with E-state index in [9.17, 15) is 9.18 Å². The zero-order chi connectivity index (χ0) is 16.9. The molecule has 24 heavy (non-hydrogen) atoms. The van der Waals surface area contributed by atoms with Crippen LogP contribution in [-0.4, -0.2) is 25.6 Å². The number of halogens is 1. The van der Waals surface area contributed by atoms with Gasteiger partial charge in [-0.15, -0.1) is 0 Å². The summed E-state index contributed by atoms with van der Waals surface area (Å²) in [6, 6.07) is 14.4. The molecule has 1 saturated carbocycles. The van der Waals surface area contributed by atoms with Gasteiger partial charge in [0.15, 0.2) is 6.54 Å². The molecule has 1 amide bonds. The Hall–Kier alpha value is -2.40. The Labute approximate surface area is 141 Å². The summed E-state index contributed by atoms with van der Waals surface area (Å²) in [6.07, 6.45) is 2.27. The highest BCUT2D eigenvalue weighted by atomic mass is 19.1. The van der Waals surface area contributed by atoms with Gasteiger partial charge in [0, 0.05) is 18.4 Å². The SMILES string of the molecule is COc1ccccc1NC(=O)C[NH+](Cc1ccc(F)cc1)C1CC1. The number of quaternary nitrogens is 1. The first-order chi connectivity index (χ1) is 11.7. The molecule has 2 N–H and O–H groups in total. The second kappa shape index (κ2) is 7.45. The van der Waals surface area contributed by atoms with E-state index in [1.54, 1.807) is 19.2 Å². The first-order valence-corrected chi connectivity index (χ1v) is 8.17. The van der Waals surface area contributed by atoms with E-state index in [2.05, 4.69) is 5.32 Å². The van der Waals surface area contributed by atoms with Crippen molar-refractivity contribution in [3.63, 3.8) is 0 Å². The molecular formula is C19H22FN2O2+. The molecule has 1 aliphatic carbocycles. The van der Waals surface area contributed by atoms with Gasteiger partial charge in [-0.3, -0.25) is 4.79 Å². The van der Waals surface area contributed by atoms with E-state index in [4.69, 9.17) is 4.74 Å². The van der Waals surface area contributed by atoms with Crippen LogP contribution in [0.3, 0.4) is 0 Å². The summed E-state index contributed by atoms with van der Waals surface area (Å²) in [5.74, 6) is 0.376. The lowest BCUT2D eigenvalue weighted by molar-refractivity contribution is -0.916. The third-order valence-electron chi connectivity index (χ3n) is 4.27. The summed E-state index contributed by atoms with van der Waals surface area (Å²) in [6.45, 7) is 1.12. The predicted molar refractivity (Wildman–Crippen MR) is 90.6 cm³/mol. The van der Waals surface area contributed by atoms with Crippen LogP contribution in [0.25, 0.3) is 0 Å². The van der Waals surface area contributed by atoms with Crippen molar-refractivity contribution in [2.24, 2.45) is 0 Å². The van der Waals surface area contributed by atoms with Gasteiger partial charge >= 0.3 is 0 Å². The molecule has 0 heterocycles. The van der Waals surface area contributed by atoms with E-state index >= 15 is 0 Å². The zero-order valence-corrected chi connectivity index (χ0v) is 13.7. The third-order valence-corrected chi connectivity index (χ3v) is 4.27. The minimum absolute atomic E-state index is 0.0384. The fourth-order valence-electron chi connectivity index (χ4n) is 2.86. The second-order valence-corrected chi connectivity index (χ2v) is 6.16. The summed E-state index contributed by atoms with van der Waals surface area (Å²) >= 11 is 0. The number of para-hydroxylation sites is 2. The second-order valence-electron chi connectivity index (χ2n) is 6.16. The molecule has 0 saturated heterocycles. The molecule has 0 bridgehead atoms. The molecule has 4 nitrogen and oxygen atoms in total. The minimum atomic E-state index is -0.236. The molecule has 2 aromatic carbocycles. The van der Waals surface area contributed by atoms with Gasteiger partial charge in [-0.1, -0.05) is 24.3 Å². The zero-order valence-electron chi connectivity index (χ0n) is 13.7. The van der Waals surface area contributed by atoms with Crippen LogP contribution < -0.4 is 15.0 Å². The van der Waals surface area contributed by atoms with Crippen LogP contribution >= 0.6 is 0 Å². The molecule has 0 aromatic heterocycles. The number of anilines is 1. The number of hydrogen-bond acceptors (Lipinski definition) is 2. The summed E-state index contributed by atoms with van der Waals surface area (Å²) in [5.41, 5.74) is 1.73. The van der Waals surface area contributed by atoms with Crippen LogP contribution in [0.5, 0.6) is 5.75 Å². The van der Waals surface area contributed by atoms with Gasteiger partial charge in [0.2, 0.25) is 0 Å². The van der Waals surface area contributed by atoms with E-state index in [1.165, 1.54) is 17.0 Å². The molecule has 1 atom stereocenters. The van der Waals surface area contributed by atoms with Gasteiger partial charge in [0.1, 0.15) is 18.1 Å². The van der Waals surface area contributed by atoms with Crippen LogP contribution in [0.1, 0.15) is 18.4 Å². The fraction of sp³-hybridized carbons (Fsp3) is 0.316. The lowest BCUT2D eigenvalue weighted by Crippen LogP contribution is -3.13. The Bertz CT molecular complexity index is 699. The van der Waals surface area contributed by atoms with Gasteiger partial charge in [-0.25, -0.2) is 4.39 Å². The molecular weight excluding hydrogens is 307 g/mol. The molecule has 0 spiro atoms. The predicted octanol–water partition coefficient (Wildman–Crippen LogP) is 2.02. The van der Waals surface area contributed by atoms with Crippen LogP contribution in [0, 0.1) is 5.82 Å². The number of rotatable bonds is 7. The van der Waals surface area contributed by atoms with Gasteiger partial charge in [0.05, 0.1) is 18.8 Å². The van der Waals surface area contributed by atoms with Crippen LogP contribution in [0.15, 0.2) is 48.5 Å². The molecule has 5 heteroatoms. The average Bonchev–Trinajstić information content (AvgIpc) is 3.42. The Kier molecular flexibility index (Phi) is 5.11. The molecule has 1 aliphatic rings. The number of carbonyl (C=O) groups excluding carboxylic acids is 1. The van der Waals surface area contributed by atoms with Crippen molar-refractivity contribution >= 4 is 11.6 Å². The molecule has 1 fully saturated rings. The maximum absolute atomic E-state index is 13.0. The topological polar surface area (TPSA) is 42.8 Å². The fourth-order valence-corrected chi connectivity index (χ4v) is 2.86. The highest BCUT2D eigenvalue weighted by Gasteiger charge is 2.34. The van der Waals surface area contributed by atoms with E-state index in [0.29, 0.717) is 24.0 Å². The standard InChI is InChI=1S/C19H21FN2O2/c1-24-18-5-3-2-4-17(18)21-19(23)13-22(16-10-11-16)12-14-6-8-15(20)9-7-14/h2-9,16H,10-13H2,1H3,(H,21,23)/p+1. The van der Waals surface area contributed by atoms with Crippen molar-refractivity contribution in [2.45, 2.75) is 25.4 Å². The molecule has 0 aliphatic heterocycles. The van der Waals surface area contributed by atoms with Crippen molar-refractivity contribution < 1.29 is 18.8 Å². The molecule has 1 unspecified atom stereocenters. The largest absolute Gasteiger partial charge is 0.495 e. The lowest BCUT2D eigenvalue weighted by Gasteiger charge is -2.19. The molecule has 126 valence electrons. The van der Waals surface area contributed by atoms with Gasteiger partial charge in [-0.05, 0) is 24.3 Å². The molecule has 0 radical (unpaired) electrons. The van der Waals surface area contributed by atoms with E-state index in [0.717, 1.165) is 24.9 Å². The van der Waals surface area contributed by atoms with Gasteiger partial charge < -0.3 is 15.0 Å². The number of benzene rings is 2. The summed E-state index contributed by atoms with van der Waals surface area (Å²) in [5, 5.41) is 2.92. The van der Waals surface area contributed by atoms with Crippen LogP contribution in [0.2, 0.25) is 0 Å². The minimum Gasteiger partial charge on any atom is -0.495 e. The monoisotopic (exact) mass is 329 g/mol. The lowest BCUT2D eigenvalue weighted by atomic mass is 10.2. The van der Waals surface area contributed by atoms with Gasteiger partial charge in [0.25, 0.3) is 5.91 Å². The Morgan fingerprint density at radius 1 is 1.21 bits per heavy atom. The number of carbonyl (C=O) groups is 1. The summed E-state index contributed by atoms with van der Waals surface area (Å²) in [4.78, 5) is 13.6. The Morgan fingerprint density at radius 2 is 1.92 bits per heavy atom. The van der Waals surface area contributed by atoms with Crippen molar-refractivity contribution in [2.75, 3.05) is 19.0 Å². The van der Waals surface area contributed by atoms with E-state index < -0.39 is 0 Å². The highest BCUT2D eigenvalue weighted by Crippen LogP contribution is 2.22. The number of amides is 1. The normalized spacial score (nSPS) is 14.9. The van der Waals surface area contributed by atoms with Crippen LogP contribution in [0.4, 0.5) is 10.1 Å². The van der Waals surface area contributed by atoms with E-state index in [-0.39, 0.29) is 11.7 Å². The smallest absolute Gasteiger partial charge is 0.279 e. The quantitative estimate of drug-likeness (QED) is 0.816. The maximum Gasteiger partial charge on any atom is 0.279 e. The highest BCUT2D eigenvalue weighted by molar-refractivity contribution is 5.92. The Balaban J connectivity index is 1.63. The van der Waals surface area contributed by atoms with Crippen molar-refractivity contribution in [1.29, 1.82) is 0 Å². The van der Waals surface area contributed by atoms with Gasteiger partial charge in [-0.2, -0.15) is 0 Å². The van der Waals surface area contributed by atoms with Crippen molar-refractivity contribution in [3.8, 4) is 5.75 Å². The third kappa shape index (κ3) is 4.32. The average molecular weight is 329 g/mol. The van der Waals surface area contributed by atoms with Crippen molar-refractivity contribution in [1.82, 2.24) is 0 Å². The summed E-state index contributed by atoms with van der Waals surface area (Å²) in [7, 11) is 1.58. The maximum atomic E-state index is 13.0. The number of methoxy groups -OCH3 is 1. The number of nitrogens with one attached hydrogen (secondary N) is 2. The molecule has 2 aromatic rings. The van der Waals surface area contributed by atoms with E-state index in [1.807, 2.05) is 24.3 Å². The first kappa shape index (κ1) is 16.5.